The number of rotatable bonds is 4. The highest BCUT2D eigenvalue weighted by Gasteiger charge is 2.67. The second-order valence-electron chi connectivity index (χ2n) is 6.81. The molecule has 0 saturated heterocycles. The van der Waals surface area contributed by atoms with E-state index in [2.05, 4.69) is 9.89 Å². The molecule has 2 aromatic rings. The first-order valence-electron chi connectivity index (χ1n) is 8.09. The van der Waals surface area contributed by atoms with Crippen LogP contribution in [0.5, 0.6) is 0 Å². The average Bonchev–Trinajstić information content (AvgIpc) is 3.07. The van der Waals surface area contributed by atoms with E-state index in [1.807, 2.05) is 0 Å². The van der Waals surface area contributed by atoms with Crippen LogP contribution in [0.1, 0.15) is 26.5 Å². The minimum atomic E-state index is -5.31. The first kappa shape index (κ1) is 21.3. The molecule has 7 nitrogen and oxygen atoms in total. The van der Waals surface area contributed by atoms with Crippen LogP contribution in [0, 0.1) is 0 Å². The van der Waals surface area contributed by atoms with Crippen LogP contribution in [0.2, 0.25) is 0 Å². The van der Waals surface area contributed by atoms with Crippen LogP contribution in [-0.4, -0.2) is 36.1 Å². The third-order valence-electron chi connectivity index (χ3n) is 3.55. The van der Waals surface area contributed by atoms with Crippen LogP contribution in [0.3, 0.4) is 0 Å². The Morgan fingerprint density at radius 2 is 1.71 bits per heavy atom. The van der Waals surface area contributed by atoms with Crippen molar-refractivity contribution in [1.29, 1.82) is 0 Å². The maximum Gasteiger partial charge on any atom is 0.430 e. The molecule has 1 heterocycles. The number of methoxy groups -OCH3 is 1. The smallest absolute Gasteiger partial charge is 0.430 e. The van der Waals surface area contributed by atoms with Gasteiger partial charge in [-0.2, -0.15) is 13.2 Å². The third kappa shape index (κ3) is 4.26. The Kier molecular flexibility index (Phi) is 5.72. The van der Waals surface area contributed by atoms with Gasteiger partial charge in [0.05, 0.1) is 7.11 Å². The van der Waals surface area contributed by atoms with Crippen molar-refractivity contribution in [3.63, 3.8) is 0 Å². The van der Waals surface area contributed by atoms with E-state index >= 15 is 0 Å². The summed E-state index contributed by atoms with van der Waals surface area (Å²) in [5, 5.41) is 5.15. The summed E-state index contributed by atoms with van der Waals surface area (Å²) in [7, 11) is 0.758. The van der Waals surface area contributed by atoms with Gasteiger partial charge in [-0.05, 0) is 20.8 Å². The Labute approximate surface area is 158 Å². The number of hydrogen-bond donors (Lipinski definition) is 1. The maximum atomic E-state index is 14.0. The number of benzene rings is 1. The van der Waals surface area contributed by atoms with Crippen LogP contribution >= 0.6 is 0 Å². The van der Waals surface area contributed by atoms with E-state index in [4.69, 9.17) is 9.26 Å². The highest BCUT2D eigenvalue weighted by atomic mass is 19.4. The van der Waals surface area contributed by atoms with Gasteiger partial charge in [-0.3, -0.25) is 5.32 Å². The van der Waals surface area contributed by atoms with E-state index in [1.54, 1.807) is 35.6 Å². The number of hydrogen-bond acceptors (Lipinski definition) is 6. The lowest BCUT2D eigenvalue weighted by atomic mass is 9.94. The van der Waals surface area contributed by atoms with Crippen molar-refractivity contribution in [3.05, 3.63) is 42.2 Å². The lowest BCUT2D eigenvalue weighted by molar-refractivity contribution is -0.218. The molecular formula is C18H19F3N2O5. The molecule has 1 amide bonds. The number of alkyl carbamates (subject to hydrolysis) is 1. The topological polar surface area (TPSA) is 90.7 Å². The summed E-state index contributed by atoms with van der Waals surface area (Å²) in [5.41, 5.74) is -4.24. The van der Waals surface area contributed by atoms with Gasteiger partial charge < -0.3 is 14.0 Å². The van der Waals surface area contributed by atoms with E-state index < -0.39 is 35.1 Å². The Bertz CT molecular complexity index is 843. The van der Waals surface area contributed by atoms with Crippen molar-refractivity contribution in [2.75, 3.05) is 7.11 Å². The SMILES string of the molecule is COC(=O)C(NC(=O)OC(C)(C)C)(c1cc(-c2ccccc2)no1)C(F)(F)F. The molecule has 152 valence electrons. The molecule has 0 aliphatic heterocycles. The Morgan fingerprint density at radius 1 is 1.11 bits per heavy atom. The van der Waals surface area contributed by atoms with Gasteiger partial charge in [0, 0.05) is 11.6 Å². The molecule has 1 atom stereocenters. The number of carbonyl (C=O) groups is 2. The summed E-state index contributed by atoms with van der Waals surface area (Å²) >= 11 is 0. The average molecular weight is 400 g/mol. The zero-order valence-corrected chi connectivity index (χ0v) is 15.6. The normalized spacial score (nSPS) is 14.1. The Hall–Kier alpha value is -3.04. The van der Waals surface area contributed by atoms with E-state index in [-0.39, 0.29) is 5.69 Å². The number of halogens is 3. The van der Waals surface area contributed by atoms with Gasteiger partial charge in [0.1, 0.15) is 11.3 Å². The summed E-state index contributed by atoms with van der Waals surface area (Å²) in [5.74, 6) is -2.77. The molecule has 1 aromatic carbocycles. The maximum absolute atomic E-state index is 14.0. The Balaban J connectivity index is 2.56. The standard InChI is InChI=1S/C18H19F3N2O5/c1-16(2,3)27-15(25)22-17(14(24)26-4,18(19,20)21)13-10-12(23-28-13)11-8-6-5-7-9-11/h5-10H,1-4H3,(H,22,25). The van der Waals surface area contributed by atoms with Gasteiger partial charge in [0.2, 0.25) is 0 Å². The van der Waals surface area contributed by atoms with Crippen molar-refractivity contribution < 1.29 is 36.8 Å². The predicted octanol–water partition coefficient (Wildman–Crippen LogP) is 3.80. The van der Waals surface area contributed by atoms with Crippen LogP contribution in [0.15, 0.2) is 40.9 Å². The van der Waals surface area contributed by atoms with E-state index in [1.165, 1.54) is 20.8 Å². The first-order chi connectivity index (χ1) is 12.9. The van der Waals surface area contributed by atoms with Crippen LogP contribution in [-0.2, 0) is 19.8 Å². The molecule has 0 saturated carbocycles. The molecule has 10 heteroatoms. The fourth-order valence-electron chi connectivity index (χ4n) is 2.35. The quantitative estimate of drug-likeness (QED) is 0.786. The molecule has 0 spiro atoms. The van der Waals surface area contributed by atoms with E-state index in [0.29, 0.717) is 5.56 Å². The van der Waals surface area contributed by atoms with Crippen molar-refractivity contribution >= 4 is 12.1 Å². The molecule has 0 bridgehead atoms. The number of carbonyl (C=O) groups excluding carboxylic acids is 2. The largest absolute Gasteiger partial charge is 0.467 e. The van der Waals surface area contributed by atoms with E-state index in [9.17, 15) is 22.8 Å². The second kappa shape index (κ2) is 7.53. The third-order valence-corrected chi connectivity index (χ3v) is 3.55. The fraction of sp³-hybridized carbons (Fsp3) is 0.389. The number of esters is 1. The lowest BCUT2D eigenvalue weighted by Gasteiger charge is -2.32. The highest BCUT2D eigenvalue weighted by molar-refractivity contribution is 5.88. The molecule has 0 aliphatic carbocycles. The molecule has 2 rings (SSSR count). The molecule has 1 unspecified atom stereocenters. The number of amides is 1. The second-order valence-corrected chi connectivity index (χ2v) is 6.81. The lowest BCUT2D eigenvalue weighted by Crippen LogP contribution is -2.62. The van der Waals surface area contributed by atoms with Crippen molar-refractivity contribution in [2.45, 2.75) is 38.1 Å². The van der Waals surface area contributed by atoms with Crippen molar-refractivity contribution in [3.8, 4) is 11.3 Å². The van der Waals surface area contributed by atoms with Gasteiger partial charge in [-0.25, -0.2) is 9.59 Å². The molecule has 0 radical (unpaired) electrons. The van der Waals surface area contributed by atoms with Gasteiger partial charge in [0.25, 0.3) is 5.54 Å². The van der Waals surface area contributed by atoms with Gasteiger partial charge in [-0.15, -0.1) is 0 Å². The molecule has 0 aliphatic rings. The van der Waals surface area contributed by atoms with Gasteiger partial charge >= 0.3 is 18.2 Å². The minimum absolute atomic E-state index is 0.0408. The predicted molar refractivity (Wildman–Crippen MR) is 91.1 cm³/mol. The van der Waals surface area contributed by atoms with Crippen LogP contribution in [0.25, 0.3) is 11.3 Å². The summed E-state index contributed by atoms with van der Waals surface area (Å²) in [4.78, 5) is 24.3. The molecule has 28 heavy (non-hydrogen) atoms. The number of ether oxygens (including phenoxy) is 2. The summed E-state index contributed by atoms with van der Waals surface area (Å²) in [6.07, 6.45) is -6.79. The minimum Gasteiger partial charge on any atom is -0.467 e. The Morgan fingerprint density at radius 3 is 2.21 bits per heavy atom. The summed E-state index contributed by atoms with van der Waals surface area (Å²) in [6.45, 7) is 4.38. The van der Waals surface area contributed by atoms with Crippen LogP contribution in [0.4, 0.5) is 18.0 Å². The molecular weight excluding hydrogens is 381 g/mol. The van der Waals surface area contributed by atoms with Gasteiger partial charge in [0.15, 0.2) is 5.76 Å². The molecule has 1 aromatic heterocycles. The van der Waals surface area contributed by atoms with Crippen molar-refractivity contribution in [1.82, 2.24) is 10.5 Å². The summed E-state index contributed by atoms with van der Waals surface area (Å²) in [6, 6.07) is 9.12. The monoisotopic (exact) mass is 400 g/mol. The number of aromatic nitrogens is 1. The van der Waals surface area contributed by atoms with Crippen molar-refractivity contribution in [2.24, 2.45) is 0 Å². The number of nitrogens with one attached hydrogen (secondary N) is 1. The first-order valence-corrected chi connectivity index (χ1v) is 8.09. The molecule has 1 N–H and O–H groups in total. The number of alkyl halides is 3. The zero-order valence-electron chi connectivity index (χ0n) is 15.6. The highest BCUT2D eigenvalue weighted by Crippen LogP contribution is 2.41. The zero-order chi connectivity index (χ0) is 21.2. The van der Waals surface area contributed by atoms with Crippen LogP contribution < -0.4 is 5.32 Å². The van der Waals surface area contributed by atoms with E-state index in [0.717, 1.165) is 13.2 Å². The number of nitrogens with zero attached hydrogens (tertiary/aromatic N) is 1. The molecule has 0 fully saturated rings. The fourth-order valence-corrected chi connectivity index (χ4v) is 2.35. The van der Waals surface area contributed by atoms with Gasteiger partial charge in [-0.1, -0.05) is 35.5 Å². The summed E-state index contributed by atoms with van der Waals surface area (Å²) < 4.78 is 56.2.